The summed E-state index contributed by atoms with van der Waals surface area (Å²) in [6.07, 6.45) is 0. The van der Waals surface area contributed by atoms with Crippen LogP contribution in [0.2, 0.25) is 0 Å². The average molecular weight is 216 g/mol. The third-order valence-electron chi connectivity index (χ3n) is 2.68. The summed E-state index contributed by atoms with van der Waals surface area (Å²) in [5, 5.41) is 0. The summed E-state index contributed by atoms with van der Waals surface area (Å²) in [7, 11) is -0.296. The summed E-state index contributed by atoms with van der Waals surface area (Å²) >= 11 is 0. The maximum atomic E-state index is 5.69. The Hall–Kier alpha value is -1.06. The van der Waals surface area contributed by atoms with Gasteiger partial charge in [-0.2, -0.15) is 0 Å². The largest absolute Gasteiger partial charge is 0.493 e. The van der Waals surface area contributed by atoms with E-state index in [1.165, 1.54) is 0 Å². The van der Waals surface area contributed by atoms with Gasteiger partial charge < -0.3 is 9.31 Å². The van der Waals surface area contributed by atoms with E-state index in [1.807, 2.05) is 30.3 Å². The van der Waals surface area contributed by atoms with Crippen molar-refractivity contribution in [3.05, 3.63) is 42.5 Å². The minimum atomic E-state index is -0.296. The summed E-state index contributed by atoms with van der Waals surface area (Å²) < 4.78 is 11.4. The van der Waals surface area contributed by atoms with Gasteiger partial charge in [0.1, 0.15) is 0 Å². The molecule has 0 aliphatic carbocycles. The monoisotopic (exact) mass is 216 g/mol. The highest BCUT2D eigenvalue weighted by Crippen LogP contribution is 2.26. The van der Waals surface area contributed by atoms with E-state index in [1.54, 1.807) is 0 Å². The first-order chi connectivity index (χ1) is 7.58. The maximum absolute atomic E-state index is 5.69. The van der Waals surface area contributed by atoms with Gasteiger partial charge in [0.25, 0.3) is 0 Å². The van der Waals surface area contributed by atoms with Crippen molar-refractivity contribution < 1.29 is 9.31 Å². The van der Waals surface area contributed by atoms with Crippen molar-refractivity contribution in [3.8, 4) is 0 Å². The van der Waals surface area contributed by atoms with Crippen LogP contribution in [0, 0.1) is 5.41 Å². The molecule has 1 aromatic rings. The van der Waals surface area contributed by atoms with Crippen molar-refractivity contribution in [2.24, 2.45) is 5.41 Å². The Morgan fingerprint density at radius 3 is 2.31 bits per heavy atom. The van der Waals surface area contributed by atoms with Crippen molar-refractivity contribution >= 4 is 12.6 Å². The van der Waals surface area contributed by atoms with Crippen molar-refractivity contribution in [3.63, 3.8) is 0 Å². The van der Waals surface area contributed by atoms with Crippen molar-refractivity contribution in [1.82, 2.24) is 0 Å². The minimum absolute atomic E-state index is 0.105. The van der Waals surface area contributed by atoms with Crippen LogP contribution in [-0.4, -0.2) is 20.3 Å². The molecule has 0 saturated carbocycles. The average Bonchev–Trinajstić information content (AvgIpc) is 2.29. The molecule has 16 heavy (non-hydrogen) atoms. The zero-order valence-electron chi connectivity index (χ0n) is 9.90. The van der Waals surface area contributed by atoms with Crippen molar-refractivity contribution in [2.75, 3.05) is 13.2 Å². The molecule has 1 aliphatic heterocycles. The van der Waals surface area contributed by atoms with Crippen LogP contribution >= 0.6 is 0 Å². The summed E-state index contributed by atoms with van der Waals surface area (Å²) in [5.74, 6) is 0. The van der Waals surface area contributed by atoms with Crippen LogP contribution in [0.5, 0.6) is 0 Å². The summed E-state index contributed by atoms with van der Waals surface area (Å²) in [6.45, 7) is 9.74. The van der Waals surface area contributed by atoms with Crippen LogP contribution in [0.25, 0.3) is 5.47 Å². The van der Waals surface area contributed by atoms with Gasteiger partial charge >= 0.3 is 7.12 Å². The van der Waals surface area contributed by atoms with Crippen molar-refractivity contribution in [2.45, 2.75) is 13.8 Å². The van der Waals surface area contributed by atoms with Crippen LogP contribution in [0.3, 0.4) is 0 Å². The van der Waals surface area contributed by atoms with Gasteiger partial charge in [0, 0.05) is 18.6 Å². The molecule has 1 aliphatic rings. The number of hydrogen-bond donors (Lipinski definition) is 0. The van der Waals surface area contributed by atoms with Crippen LogP contribution in [-0.2, 0) is 9.31 Å². The Morgan fingerprint density at radius 1 is 1.19 bits per heavy atom. The molecule has 0 unspecified atom stereocenters. The Morgan fingerprint density at radius 2 is 1.75 bits per heavy atom. The summed E-state index contributed by atoms with van der Waals surface area (Å²) in [6, 6.07) is 10.0. The predicted octanol–water partition coefficient (Wildman–Crippen LogP) is 2.80. The van der Waals surface area contributed by atoms with Crippen LogP contribution in [0.1, 0.15) is 19.4 Å². The molecule has 0 N–H and O–H groups in total. The maximum Gasteiger partial charge on any atom is 0.493 e. The molecule has 0 atom stereocenters. The molecule has 84 valence electrons. The third-order valence-corrected chi connectivity index (χ3v) is 2.68. The molecular formula is C13H17BO2. The number of benzene rings is 1. The highest BCUT2D eigenvalue weighted by atomic mass is 16.6. The lowest BCUT2D eigenvalue weighted by atomic mass is 9.73. The molecule has 0 amide bonds. The first-order valence-corrected chi connectivity index (χ1v) is 5.56. The highest BCUT2D eigenvalue weighted by molar-refractivity contribution is 6.68. The normalized spacial score (nSPS) is 19.5. The zero-order chi connectivity index (χ0) is 11.6. The van der Waals surface area contributed by atoms with Gasteiger partial charge in [0.15, 0.2) is 0 Å². The first kappa shape index (κ1) is 11.4. The van der Waals surface area contributed by atoms with Gasteiger partial charge in [0.2, 0.25) is 0 Å². The lowest BCUT2D eigenvalue weighted by molar-refractivity contribution is 0.0348. The van der Waals surface area contributed by atoms with E-state index >= 15 is 0 Å². The second-order valence-corrected chi connectivity index (χ2v) is 5.01. The van der Waals surface area contributed by atoms with E-state index in [0.29, 0.717) is 13.2 Å². The summed E-state index contributed by atoms with van der Waals surface area (Å²) in [4.78, 5) is 0. The van der Waals surface area contributed by atoms with Gasteiger partial charge in [-0.3, -0.25) is 0 Å². The molecule has 1 saturated heterocycles. The quantitative estimate of drug-likeness (QED) is 0.707. The van der Waals surface area contributed by atoms with E-state index in [0.717, 1.165) is 11.0 Å². The number of hydrogen-bond acceptors (Lipinski definition) is 2. The second-order valence-electron chi connectivity index (χ2n) is 5.01. The van der Waals surface area contributed by atoms with Gasteiger partial charge in [-0.15, -0.1) is 0 Å². The summed E-state index contributed by atoms with van der Waals surface area (Å²) in [5.41, 5.74) is 2.08. The molecule has 2 rings (SSSR count). The van der Waals surface area contributed by atoms with Gasteiger partial charge in [-0.25, -0.2) is 0 Å². The molecule has 1 fully saturated rings. The zero-order valence-corrected chi connectivity index (χ0v) is 9.90. The van der Waals surface area contributed by atoms with E-state index in [-0.39, 0.29) is 12.5 Å². The topological polar surface area (TPSA) is 18.5 Å². The number of rotatable bonds is 2. The lowest BCUT2D eigenvalue weighted by Crippen LogP contribution is -2.41. The SMILES string of the molecule is C=C(B1OCC(C)(C)CO1)c1ccccc1. The molecule has 0 radical (unpaired) electrons. The van der Waals surface area contributed by atoms with Crippen LogP contribution < -0.4 is 0 Å². The van der Waals surface area contributed by atoms with Crippen LogP contribution in [0.15, 0.2) is 36.9 Å². The van der Waals surface area contributed by atoms with Gasteiger partial charge in [0.05, 0.1) is 0 Å². The predicted molar refractivity (Wildman–Crippen MR) is 66.9 cm³/mol. The molecule has 0 aromatic heterocycles. The first-order valence-electron chi connectivity index (χ1n) is 5.56. The molecule has 1 heterocycles. The highest BCUT2D eigenvalue weighted by Gasteiger charge is 2.34. The van der Waals surface area contributed by atoms with Crippen LogP contribution in [0.4, 0.5) is 0 Å². The van der Waals surface area contributed by atoms with E-state index < -0.39 is 0 Å². The fourth-order valence-corrected chi connectivity index (χ4v) is 1.68. The van der Waals surface area contributed by atoms with E-state index in [4.69, 9.17) is 9.31 Å². The fraction of sp³-hybridized carbons (Fsp3) is 0.385. The van der Waals surface area contributed by atoms with E-state index in [9.17, 15) is 0 Å². The molecule has 0 spiro atoms. The standard InChI is InChI=1S/C13H17BO2/c1-11(12-7-5-4-6-8-12)14-15-9-13(2,3)10-16-14/h4-8H,1,9-10H2,2-3H3. The Labute approximate surface area is 97.4 Å². The van der Waals surface area contributed by atoms with Crippen molar-refractivity contribution in [1.29, 1.82) is 0 Å². The Bertz CT molecular complexity index is 363. The Kier molecular flexibility index (Phi) is 3.17. The minimum Gasteiger partial charge on any atom is -0.407 e. The third kappa shape index (κ3) is 2.54. The molecular weight excluding hydrogens is 199 g/mol. The molecule has 0 bridgehead atoms. The molecule has 2 nitrogen and oxygen atoms in total. The van der Waals surface area contributed by atoms with Gasteiger partial charge in [-0.05, 0) is 11.0 Å². The Balaban J connectivity index is 2.03. The van der Waals surface area contributed by atoms with E-state index in [2.05, 4.69) is 20.4 Å². The molecule has 1 aromatic carbocycles. The second kappa shape index (κ2) is 4.44. The van der Waals surface area contributed by atoms with Gasteiger partial charge in [-0.1, -0.05) is 50.8 Å². The molecule has 3 heteroatoms. The fourth-order valence-electron chi connectivity index (χ4n) is 1.68. The smallest absolute Gasteiger partial charge is 0.407 e. The lowest BCUT2D eigenvalue weighted by Gasteiger charge is -2.33.